The number of benzene rings is 3. The number of carbonyl (C=O) groups is 1. The molecule has 3 rings (SSSR count). The topological polar surface area (TPSA) is 75.3 Å². The van der Waals surface area contributed by atoms with Gasteiger partial charge in [-0.15, -0.1) is 0 Å². The van der Waals surface area contributed by atoms with Crippen LogP contribution in [0.25, 0.3) is 0 Å². The van der Waals surface area contributed by atoms with Gasteiger partial charge >= 0.3 is 0 Å². The van der Waals surface area contributed by atoms with Gasteiger partial charge in [-0.25, -0.2) is 8.42 Å². The maximum Gasteiger partial charge on any atom is 0.263 e. The van der Waals surface area contributed by atoms with Crippen LogP contribution in [0.1, 0.15) is 21.5 Å². The Hall–Kier alpha value is -2.54. The maximum absolute atomic E-state index is 12.8. The van der Waals surface area contributed by atoms with E-state index in [1.54, 1.807) is 36.4 Å². The minimum absolute atomic E-state index is 0.0145. The highest BCUT2D eigenvalue weighted by atomic mass is 35.5. The number of rotatable bonds is 5. The zero-order valence-electron chi connectivity index (χ0n) is 15.7. The monoisotopic (exact) mass is 448 g/mol. The molecule has 0 aliphatic rings. The molecule has 0 bridgehead atoms. The summed E-state index contributed by atoms with van der Waals surface area (Å²) >= 11 is 12.1. The molecular formula is C21H18Cl2N2O3S. The average Bonchev–Trinajstić information content (AvgIpc) is 2.64. The third-order valence-corrected chi connectivity index (χ3v) is 6.30. The van der Waals surface area contributed by atoms with Crippen LogP contribution in [-0.2, 0) is 10.0 Å². The van der Waals surface area contributed by atoms with Crippen LogP contribution in [0, 0.1) is 13.8 Å². The van der Waals surface area contributed by atoms with Gasteiger partial charge in [-0.3, -0.25) is 9.52 Å². The fourth-order valence-electron chi connectivity index (χ4n) is 2.69. The highest BCUT2D eigenvalue weighted by Gasteiger charge is 2.21. The summed E-state index contributed by atoms with van der Waals surface area (Å²) in [6, 6.07) is 16.1. The molecule has 5 nitrogen and oxygen atoms in total. The lowest BCUT2D eigenvalue weighted by molar-refractivity contribution is 0.102. The Balaban J connectivity index is 1.91. The summed E-state index contributed by atoms with van der Waals surface area (Å²) in [5.41, 5.74) is 2.83. The highest BCUT2D eigenvalue weighted by molar-refractivity contribution is 7.92. The first kappa shape index (κ1) is 21.2. The molecule has 0 fully saturated rings. The van der Waals surface area contributed by atoms with E-state index >= 15 is 0 Å². The molecule has 0 aliphatic carbocycles. The van der Waals surface area contributed by atoms with E-state index in [2.05, 4.69) is 10.0 Å². The lowest BCUT2D eigenvalue weighted by Crippen LogP contribution is -2.17. The van der Waals surface area contributed by atoms with Crippen molar-refractivity contribution in [2.45, 2.75) is 18.7 Å². The van der Waals surface area contributed by atoms with Gasteiger partial charge in [0.2, 0.25) is 0 Å². The average molecular weight is 449 g/mol. The third kappa shape index (κ3) is 5.09. The van der Waals surface area contributed by atoms with Gasteiger partial charge in [0.25, 0.3) is 15.9 Å². The van der Waals surface area contributed by atoms with E-state index < -0.39 is 15.9 Å². The van der Waals surface area contributed by atoms with Crippen LogP contribution in [0.3, 0.4) is 0 Å². The van der Waals surface area contributed by atoms with Crippen molar-refractivity contribution in [3.8, 4) is 0 Å². The maximum atomic E-state index is 12.8. The van der Waals surface area contributed by atoms with Crippen molar-refractivity contribution in [2.24, 2.45) is 0 Å². The third-order valence-electron chi connectivity index (χ3n) is 4.20. The fraction of sp³-hybridized carbons (Fsp3) is 0.0952. The summed E-state index contributed by atoms with van der Waals surface area (Å²) in [4.78, 5) is 12.5. The van der Waals surface area contributed by atoms with E-state index in [9.17, 15) is 13.2 Å². The first-order chi connectivity index (χ1) is 13.7. The second kappa shape index (κ2) is 8.45. The van der Waals surface area contributed by atoms with Crippen LogP contribution in [0.5, 0.6) is 0 Å². The number of carbonyl (C=O) groups excluding carboxylic acids is 1. The Kier molecular flexibility index (Phi) is 6.17. The van der Waals surface area contributed by atoms with E-state index in [1.807, 2.05) is 19.9 Å². The van der Waals surface area contributed by atoms with Gasteiger partial charge in [-0.1, -0.05) is 41.4 Å². The lowest BCUT2D eigenvalue weighted by atomic mass is 10.1. The van der Waals surface area contributed by atoms with Gasteiger partial charge in [0.1, 0.15) is 4.90 Å². The van der Waals surface area contributed by atoms with Gasteiger partial charge in [0.15, 0.2) is 0 Å². The van der Waals surface area contributed by atoms with Crippen molar-refractivity contribution in [1.82, 2.24) is 0 Å². The molecule has 0 spiro atoms. The van der Waals surface area contributed by atoms with E-state index in [4.69, 9.17) is 23.2 Å². The second-order valence-electron chi connectivity index (χ2n) is 6.53. The molecule has 0 unspecified atom stereocenters. The number of aryl methyl sites for hydroxylation is 2. The van der Waals surface area contributed by atoms with E-state index in [0.717, 1.165) is 11.1 Å². The molecule has 0 heterocycles. The smallest absolute Gasteiger partial charge is 0.263 e. The van der Waals surface area contributed by atoms with Crippen LogP contribution >= 0.6 is 23.2 Å². The van der Waals surface area contributed by atoms with Gasteiger partial charge in [0, 0.05) is 22.0 Å². The summed E-state index contributed by atoms with van der Waals surface area (Å²) in [7, 11) is -3.99. The van der Waals surface area contributed by atoms with Crippen molar-refractivity contribution in [3.63, 3.8) is 0 Å². The summed E-state index contributed by atoms with van der Waals surface area (Å²) in [6.45, 7) is 3.68. The molecule has 3 aromatic carbocycles. The first-order valence-electron chi connectivity index (χ1n) is 8.62. The molecular weight excluding hydrogens is 431 g/mol. The number of amides is 1. The fourth-order valence-corrected chi connectivity index (χ4v) is 4.44. The summed E-state index contributed by atoms with van der Waals surface area (Å²) in [5.74, 6) is -0.473. The van der Waals surface area contributed by atoms with E-state index in [0.29, 0.717) is 16.4 Å². The summed E-state index contributed by atoms with van der Waals surface area (Å²) in [5, 5.41) is 3.23. The molecule has 0 aromatic heterocycles. The predicted octanol–water partition coefficient (Wildman–Crippen LogP) is 5.66. The molecule has 0 saturated heterocycles. The van der Waals surface area contributed by atoms with Gasteiger partial charge in [-0.2, -0.15) is 0 Å². The number of nitrogens with one attached hydrogen (secondary N) is 2. The predicted molar refractivity (Wildman–Crippen MR) is 118 cm³/mol. The van der Waals surface area contributed by atoms with Crippen LogP contribution in [0.15, 0.2) is 65.6 Å². The minimum atomic E-state index is -3.99. The molecule has 150 valence electrons. The van der Waals surface area contributed by atoms with E-state index in [1.165, 1.54) is 18.2 Å². The van der Waals surface area contributed by atoms with Gasteiger partial charge < -0.3 is 5.32 Å². The summed E-state index contributed by atoms with van der Waals surface area (Å²) < 4.78 is 28.1. The highest BCUT2D eigenvalue weighted by Crippen LogP contribution is 2.26. The molecule has 2 N–H and O–H groups in total. The zero-order valence-corrected chi connectivity index (χ0v) is 18.0. The Bertz CT molecular complexity index is 1190. The number of sulfonamides is 1. The first-order valence-corrected chi connectivity index (χ1v) is 10.9. The molecule has 0 saturated carbocycles. The van der Waals surface area contributed by atoms with Crippen molar-refractivity contribution in [1.29, 1.82) is 0 Å². The van der Waals surface area contributed by atoms with Crippen LogP contribution < -0.4 is 10.0 Å². The van der Waals surface area contributed by atoms with Gasteiger partial charge in [0.05, 0.1) is 5.02 Å². The van der Waals surface area contributed by atoms with Gasteiger partial charge in [-0.05, 0) is 67.4 Å². The molecule has 3 aromatic rings. The quantitative estimate of drug-likeness (QED) is 0.528. The molecule has 0 aliphatic heterocycles. The normalized spacial score (nSPS) is 11.2. The largest absolute Gasteiger partial charge is 0.322 e. The molecule has 1 amide bonds. The summed E-state index contributed by atoms with van der Waals surface area (Å²) in [6.07, 6.45) is 0. The zero-order chi connectivity index (χ0) is 21.2. The Morgan fingerprint density at radius 3 is 2.41 bits per heavy atom. The second-order valence-corrected chi connectivity index (χ2v) is 9.03. The van der Waals surface area contributed by atoms with E-state index in [-0.39, 0.29) is 15.5 Å². The van der Waals surface area contributed by atoms with Crippen LogP contribution in [0.2, 0.25) is 10.0 Å². The molecule has 29 heavy (non-hydrogen) atoms. The van der Waals surface area contributed by atoms with Crippen LogP contribution in [0.4, 0.5) is 11.4 Å². The minimum Gasteiger partial charge on any atom is -0.322 e. The number of hydrogen-bond acceptors (Lipinski definition) is 3. The van der Waals surface area contributed by atoms with Crippen LogP contribution in [-0.4, -0.2) is 14.3 Å². The number of anilines is 2. The molecule has 0 atom stereocenters. The molecule has 0 radical (unpaired) electrons. The Morgan fingerprint density at radius 2 is 1.69 bits per heavy atom. The molecule has 8 heteroatoms. The van der Waals surface area contributed by atoms with Crippen molar-refractivity contribution >= 4 is 50.5 Å². The van der Waals surface area contributed by atoms with Crippen molar-refractivity contribution in [2.75, 3.05) is 10.0 Å². The number of hydrogen-bond donors (Lipinski definition) is 2. The Morgan fingerprint density at radius 1 is 0.931 bits per heavy atom. The Labute approximate surface area is 179 Å². The lowest BCUT2D eigenvalue weighted by Gasteiger charge is -2.12. The standard InChI is InChI=1S/C21H18Cl2N2O3S/c1-13-4-3-5-17(10-13)25-29(27,28)20-11-15(7-9-18(20)23)21(26)24-19-12-16(22)8-6-14(19)2/h3-12,25H,1-2H3,(H,24,26). The SMILES string of the molecule is Cc1cccc(NS(=O)(=O)c2cc(C(=O)Nc3cc(Cl)ccc3C)ccc2Cl)c1. The van der Waals surface area contributed by atoms with Crippen molar-refractivity contribution in [3.05, 3.63) is 87.4 Å². The number of halogens is 2. The van der Waals surface area contributed by atoms with Crippen molar-refractivity contribution < 1.29 is 13.2 Å².